The molecule has 1 aliphatic heterocycles. The predicted octanol–water partition coefficient (Wildman–Crippen LogP) is 3.55. The smallest absolute Gasteiger partial charge is 0.240 e. The Hall–Kier alpha value is -2.66. The number of benzene rings is 2. The zero-order chi connectivity index (χ0) is 20.4. The van der Waals surface area contributed by atoms with E-state index >= 15 is 0 Å². The highest BCUT2D eigenvalue weighted by Crippen LogP contribution is 2.25. The molecule has 1 amide bonds. The lowest BCUT2D eigenvalue weighted by Crippen LogP contribution is -2.53. The number of carbonyl (C=O) groups is 1. The molecule has 1 aliphatic rings. The number of aromatic nitrogens is 2. The van der Waals surface area contributed by atoms with Crippen molar-refractivity contribution >= 4 is 16.9 Å². The molecule has 0 bridgehead atoms. The first-order valence-electron chi connectivity index (χ1n) is 10.5. The number of fused-ring (bicyclic) bond motifs is 2. The van der Waals surface area contributed by atoms with Crippen molar-refractivity contribution in [3.05, 3.63) is 65.5 Å². The standard InChI is InChI=1S/C24H30N4O/c1-4-22-26-20-11-7-8-12-21(20)28(22)16-23(29)25-17-24(2,3)27-14-13-18-9-5-6-10-19(18)15-27/h5-12H,4,13-17H2,1-3H3,(H,25,29). The van der Waals surface area contributed by atoms with Crippen LogP contribution in [0.5, 0.6) is 0 Å². The van der Waals surface area contributed by atoms with E-state index in [-0.39, 0.29) is 11.4 Å². The van der Waals surface area contributed by atoms with Crippen LogP contribution >= 0.6 is 0 Å². The third-order valence-electron chi connectivity index (χ3n) is 6.06. The molecule has 3 aromatic rings. The monoisotopic (exact) mass is 390 g/mol. The Bertz CT molecular complexity index is 1020. The molecule has 0 saturated carbocycles. The molecule has 0 spiro atoms. The van der Waals surface area contributed by atoms with Crippen molar-refractivity contribution in [2.75, 3.05) is 13.1 Å². The largest absolute Gasteiger partial charge is 0.353 e. The molecule has 29 heavy (non-hydrogen) atoms. The minimum absolute atomic E-state index is 0.0355. The molecular formula is C24H30N4O. The molecule has 0 unspecified atom stereocenters. The summed E-state index contributed by atoms with van der Waals surface area (Å²) in [5.41, 5.74) is 4.71. The topological polar surface area (TPSA) is 50.2 Å². The Kier molecular flexibility index (Phi) is 5.41. The van der Waals surface area contributed by atoms with Crippen molar-refractivity contribution in [2.45, 2.75) is 52.2 Å². The zero-order valence-corrected chi connectivity index (χ0v) is 17.6. The number of rotatable bonds is 6. The van der Waals surface area contributed by atoms with E-state index in [1.165, 1.54) is 11.1 Å². The zero-order valence-electron chi connectivity index (χ0n) is 17.6. The fourth-order valence-electron chi connectivity index (χ4n) is 4.21. The summed E-state index contributed by atoms with van der Waals surface area (Å²) in [7, 11) is 0. The molecule has 0 fully saturated rings. The molecule has 1 N–H and O–H groups in total. The van der Waals surface area contributed by atoms with E-state index in [9.17, 15) is 4.79 Å². The molecular weight excluding hydrogens is 360 g/mol. The van der Waals surface area contributed by atoms with Gasteiger partial charge in [-0.25, -0.2) is 4.98 Å². The van der Waals surface area contributed by atoms with Crippen LogP contribution in [0.25, 0.3) is 11.0 Å². The Labute approximate surface area is 172 Å². The maximum Gasteiger partial charge on any atom is 0.240 e. The van der Waals surface area contributed by atoms with Crippen molar-refractivity contribution in [1.29, 1.82) is 0 Å². The summed E-state index contributed by atoms with van der Waals surface area (Å²) < 4.78 is 2.04. The second-order valence-corrected chi connectivity index (χ2v) is 8.49. The Balaban J connectivity index is 1.41. The summed E-state index contributed by atoms with van der Waals surface area (Å²) in [6.07, 6.45) is 1.87. The van der Waals surface area contributed by atoms with Gasteiger partial charge in [-0.05, 0) is 43.5 Å². The van der Waals surface area contributed by atoms with Crippen LogP contribution in [-0.2, 0) is 30.7 Å². The number of carbonyl (C=O) groups excluding carboxylic acids is 1. The molecule has 5 heteroatoms. The lowest BCUT2D eigenvalue weighted by Gasteiger charge is -2.41. The van der Waals surface area contributed by atoms with E-state index in [0.29, 0.717) is 13.1 Å². The first kappa shape index (κ1) is 19.6. The summed E-state index contributed by atoms with van der Waals surface area (Å²) in [5, 5.41) is 3.17. The summed E-state index contributed by atoms with van der Waals surface area (Å²) in [4.78, 5) is 19.9. The van der Waals surface area contributed by atoms with Gasteiger partial charge in [-0.15, -0.1) is 0 Å². The molecule has 152 valence electrons. The molecule has 0 radical (unpaired) electrons. The molecule has 2 heterocycles. The highest BCUT2D eigenvalue weighted by Gasteiger charge is 2.30. The van der Waals surface area contributed by atoms with Crippen LogP contribution in [0.15, 0.2) is 48.5 Å². The van der Waals surface area contributed by atoms with Gasteiger partial charge in [0.25, 0.3) is 0 Å². The van der Waals surface area contributed by atoms with Crippen LogP contribution in [-0.4, -0.2) is 39.0 Å². The van der Waals surface area contributed by atoms with Gasteiger partial charge < -0.3 is 9.88 Å². The third-order valence-corrected chi connectivity index (χ3v) is 6.06. The number of aryl methyl sites for hydroxylation is 1. The quantitative estimate of drug-likeness (QED) is 0.700. The van der Waals surface area contributed by atoms with Crippen LogP contribution < -0.4 is 5.32 Å². The highest BCUT2D eigenvalue weighted by molar-refractivity contribution is 5.81. The predicted molar refractivity (Wildman–Crippen MR) is 117 cm³/mol. The van der Waals surface area contributed by atoms with Crippen molar-refractivity contribution in [3.63, 3.8) is 0 Å². The van der Waals surface area contributed by atoms with Crippen molar-refractivity contribution in [3.8, 4) is 0 Å². The number of imidazole rings is 1. The van der Waals surface area contributed by atoms with E-state index in [1.807, 2.05) is 28.8 Å². The minimum atomic E-state index is -0.103. The van der Waals surface area contributed by atoms with Gasteiger partial charge in [-0.2, -0.15) is 0 Å². The third kappa shape index (κ3) is 4.06. The number of hydrogen-bond acceptors (Lipinski definition) is 3. The molecule has 0 saturated heterocycles. The van der Waals surface area contributed by atoms with Crippen LogP contribution in [0.4, 0.5) is 0 Å². The van der Waals surface area contributed by atoms with Crippen molar-refractivity contribution in [2.24, 2.45) is 0 Å². The van der Waals surface area contributed by atoms with Gasteiger partial charge in [0.15, 0.2) is 0 Å². The van der Waals surface area contributed by atoms with Crippen LogP contribution in [0.3, 0.4) is 0 Å². The van der Waals surface area contributed by atoms with Gasteiger partial charge in [0.1, 0.15) is 12.4 Å². The number of hydrogen-bond donors (Lipinski definition) is 1. The molecule has 0 atom stereocenters. The average molecular weight is 391 g/mol. The second-order valence-electron chi connectivity index (χ2n) is 8.49. The number of para-hydroxylation sites is 2. The van der Waals surface area contributed by atoms with Gasteiger partial charge in [0, 0.05) is 31.6 Å². The van der Waals surface area contributed by atoms with E-state index < -0.39 is 0 Å². The molecule has 1 aromatic heterocycles. The Morgan fingerprint density at radius 1 is 1.10 bits per heavy atom. The second kappa shape index (κ2) is 7.99. The van der Waals surface area contributed by atoms with E-state index in [2.05, 4.69) is 60.2 Å². The molecule has 4 rings (SSSR count). The fourth-order valence-corrected chi connectivity index (χ4v) is 4.21. The summed E-state index contributed by atoms with van der Waals surface area (Å²) in [6, 6.07) is 16.7. The Morgan fingerprint density at radius 2 is 1.83 bits per heavy atom. The van der Waals surface area contributed by atoms with Crippen LogP contribution in [0.2, 0.25) is 0 Å². The first-order chi connectivity index (χ1) is 14.0. The maximum absolute atomic E-state index is 12.8. The van der Waals surface area contributed by atoms with Gasteiger partial charge in [0.05, 0.1) is 11.0 Å². The SMILES string of the molecule is CCc1nc2ccccc2n1CC(=O)NCC(C)(C)N1CCc2ccccc2C1. The van der Waals surface area contributed by atoms with Crippen molar-refractivity contribution < 1.29 is 4.79 Å². The molecule has 0 aliphatic carbocycles. The summed E-state index contributed by atoms with van der Waals surface area (Å²) in [5.74, 6) is 0.988. The fraction of sp³-hybridized carbons (Fsp3) is 0.417. The van der Waals surface area contributed by atoms with Crippen LogP contribution in [0.1, 0.15) is 37.7 Å². The lowest BCUT2D eigenvalue weighted by molar-refractivity contribution is -0.122. The molecule has 2 aromatic carbocycles. The number of amides is 1. The van der Waals surface area contributed by atoms with E-state index in [0.717, 1.165) is 42.8 Å². The summed E-state index contributed by atoms with van der Waals surface area (Å²) in [6.45, 7) is 9.39. The average Bonchev–Trinajstić information content (AvgIpc) is 3.09. The van der Waals surface area contributed by atoms with Gasteiger partial charge >= 0.3 is 0 Å². The molecule has 5 nitrogen and oxygen atoms in total. The lowest BCUT2D eigenvalue weighted by atomic mass is 9.94. The van der Waals surface area contributed by atoms with Crippen LogP contribution in [0, 0.1) is 0 Å². The van der Waals surface area contributed by atoms with E-state index in [1.54, 1.807) is 0 Å². The van der Waals surface area contributed by atoms with Gasteiger partial charge in [-0.1, -0.05) is 43.3 Å². The van der Waals surface area contributed by atoms with Gasteiger partial charge in [-0.3, -0.25) is 9.69 Å². The maximum atomic E-state index is 12.8. The highest BCUT2D eigenvalue weighted by atomic mass is 16.1. The van der Waals surface area contributed by atoms with E-state index in [4.69, 9.17) is 0 Å². The Morgan fingerprint density at radius 3 is 2.62 bits per heavy atom. The number of nitrogens with one attached hydrogen (secondary N) is 1. The normalized spacial score (nSPS) is 14.7. The van der Waals surface area contributed by atoms with Gasteiger partial charge in [0.2, 0.25) is 5.91 Å². The minimum Gasteiger partial charge on any atom is -0.353 e. The summed E-state index contributed by atoms with van der Waals surface area (Å²) >= 11 is 0. The number of nitrogens with zero attached hydrogens (tertiary/aromatic N) is 3. The first-order valence-corrected chi connectivity index (χ1v) is 10.5. The van der Waals surface area contributed by atoms with Crippen molar-refractivity contribution in [1.82, 2.24) is 19.8 Å².